The Balaban J connectivity index is 1.68. The van der Waals surface area contributed by atoms with Gasteiger partial charge < -0.3 is 19.4 Å². The number of ether oxygens (including phenoxy) is 1. The number of carbonyl (C=O) groups excluding carboxylic acids is 2. The molecule has 1 aromatic carbocycles. The molecule has 1 aromatic heterocycles. The van der Waals surface area contributed by atoms with Crippen LogP contribution in [0, 0.1) is 0 Å². The van der Waals surface area contributed by atoms with Crippen molar-refractivity contribution in [1.29, 1.82) is 0 Å². The Kier molecular flexibility index (Phi) is 5.12. The molecule has 1 unspecified atom stereocenters. The molecule has 3 amide bonds. The zero-order valence-electron chi connectivity index (χ0n) is 16.3. The second kappa shape index (κ2) is 7.87. The molecule has 0 radical (unpaired) electrons. The van der Waals surface area contributed by atoms with Gasteiger partial charge in [0, 0.05) is 6.54 Å². The summed E-state index contributed by atoms with van der Waals surface area (Å²) in [6.07, 6.45) is 3.24. The summed E-state index contributed by atoms with van der Waals surface area (Å²) in [5.41, 5.74) is 2.13. The second-order valence-electron chi connectivity index (χ2n) is 6.88. The minimum atomic E-state index is -0.511. The minimum absolute atomic E-state index is 0.107. The smallest absolute Gasteiger partial charge is 0.322 e. The number of furan rings is 1. The summed E-state index contributed by atoms with van der Waals surface area (Å²) in [6.45, 7) is 7.27. The SMILES string of the molecule is C=CCN1C(=O)NC(c2ccc(OCC)cc2)C2=C1CN(Cc1ccco1)C2=O. The summed E-state index contributed by atoms with van der Waals surface area (Å²) in [7, 11) is 0. The Morgan fingerprint density at radius 3 is 2.72 bits per heavy atom. The van der Waals surface area contributed by atoms with E-state index in [0.29, 0.717) is 43.3 Å². The number of rotatable bonds is 7. The van der Waals surface area contributed by atoms with Gasteiger partial charge in [-0.15, -0.1) is 6.58 Å². The van der Waals surface area contributed by atoms with Crippen molar-refractivity contribution in [3.8, 4) is 5.75 Å². The molecule has 2 aliphatic rings. The van der Waals surface area contributed by atoms with Crippen molar-refractivity contribution in [2.75, 3.05) is 19.7 Å². The van der Waals surface area contributed by atoms with E-state index < -0.39 is 6.04 Å². The summed E-state index contributed by atoms with van der Waals surface area (Å²) < 4.78 is 10.9. The average molecular weight is 393 g/mol. The van der Waals surface area contributed by atoms with E-state index in [4.69, 9.17) is 9.15 Å². The molecule has 150 valence electrons. The Hall–Kier alpha value is -3.48. The molecular formula is C22H23N3O4. The fraction of sp³-hybridized carbons (Fsp3) is 0.273. The summed E-state index contributed by atoms with van der Waals surface area (Å²) in [4.78, 5) is 29.3. The van der Waals surface area contributed by atoms with Crippen LogP contribution < -0.4 is 10.1 Å². The lowest BCUT2D eigenvalue weighted by molar-refractivity contribution is -0.126. The normalized spacial score (nSPS) is 18.7. The molecule has 0 saturated carbocycles. The maximum Gasteiger partial charge on any atom is 0.322 e. The molecule has 0 saturated heterocycles. The lowest BCUT2D eigenvalue weighted by atomic mass is 9.95. The van der Waals surface area contributed by atoms with Crippen LogP contribution >= 0.6 is 0 Å². The van der Waals surface area contributed by atoms with E-state index >= 15 is 0 Å². The Labute approximate surface area is 169 Å². The van der Waals surface area contributed by atoms with Gasteiger partial charge >= 0.3 is 6.03 Å². The van der Waals surface area contributed by atoms with Crippen molar-refractivity contribution in [1.82, 2.24) is 15.1 Å². The zero-order chi connectivity index (χ0) is 20.4. The first-order valence-electron chi connectivity index (χ1n) is 9.58. The predicted molar refractivity (Wildman–Crippen MR) is 107 cm³/mol. The van der Waals surface area contributed by atoms with Crippen LogP contribution in [0.25, 0.3) is 0 Å². The van der Waals surface area contributed by atoms with Crippen molar-refractivity contribution in [3.63, 3.8) is 0 Å². The highest BCUT2D eigenvalue weighted by atomic mass is 16.5. The fourth-order valence-corrected chi connectivity index (χ4v) is 3.76. The molecule has 2 aliphatic heterocycles. The fourth-order valence-electron chi connectivity index (χ4n) is 3.76. The summed E-state index contributed by atoms with van der Waals surface area (Å²) in [5, 5.41) is 2.97. The lowest BCUT2D eigenvalue weighted by Crippen LogP contribution is -2.47. The monoisotopic (exact) mass is 393 g/mol. The van der Waals surface area contributed by atoms with E-state index in [9.17, 15) is 9.59 Å². The third kappa shape index (κ3) is 3.51. The van der Waals surface area contributed by atoms with Crippen LogP contribution in [0.4, 0.5) is 4.79 Å². The van der Waals surface area contributed by atoms with Gasteiger partial charge in [0.1, 0.15) is 11.5 Å². The molecule has 2 aromatic rings. The molecule has 0 aliphatic carbocycles. The number of urea groups is 1. The first-order chi connectivity index (χ1) is 14.1. The zero-order valence-corrected chi connectivity index (χ0v) is 16.3. The third-order valence-electron chi connectivity index (χ3n) is 5.06. The molecule has 1 atom stereocenters. The Morgan fingerprint density at radius 2 is 2.07 bits per heavy atom. The third-order valence-corrected chi connectivity index (χ3v) is 5.06. The number of benzene rings is 1. The van der Waals surface area contributed by atoms with Crippen LogP contribution in [0.2, 0.25) is 0 Å². The number of hydrogen-bond acceptors (Lipinski definition) is 4. The summed E-state index contributed by atoms with van der Waals surface area (Å²) >= 11 is 0. The van der Waals surface area contributed by atoms with Gasteiger partial charge in [0.05, 0.1) is 43.3 Å². The second-order valence-corrected chi connectivity index (χ2v) is 6.88. The molecule has 0 fully saturated rings. The number of hydrogen-bond donors (Lipinski definition) is 1. The quantitative estimate of drug-likeness (QED) is 0.733. The molecule has 0 spiro atoms. The highest BCUT2D eigenvalue weighted by Gasteiger charge is 2.43. The van der Waals surface area contributed by atoms with E-state index in [1.54, 1.807) is 28.2 Å². The van der Waals surface area contributed by atoms with Gasteiger partial charge in [-0.3, -0.25) is 9.69 Å². The van der Waals surface area contributed by atoms with E-state index in [0.717, 1.165) is 11.3 Å². The van der Waals surface area contributed by atoms with E-state index in [1.165, 1.54) is 0 Å². The van der Waals surface area contributed by atoms with Gasteiger partial charge in [0.25, 0.3) is 5.91 Å². The van der Waals surface area contributed by atoms with E-state index in [1.807, 2.05) is 37.3 Å². The van der Waals surface area contributed by atoms with Gasteiger partial charge in [-0.1, -0.05) is 18.2 Å². The van der Waals surface area contributed by atoms with Gasteiger partial charge in [-0.2, -0.15) is 0 Å². The molecule has 0 bridgehead atoms. The lowest BCUT2D eigenvalue weighted by Gasteiger charge is -2.33. The Bertz CT molecular complexity index is 947. The van der Waals surface area contributed by atoms with Crippen LogP contribution in [0.5, 0.6) is 5.75 Å². The number of nitrogens with one attached hydrogen (secondary N) is 1. The van der Waals surface area contributed by atoms with Crippen LogP contribution in [0.15, 0.2) is 71.0 Å². The first-order valence-corrected chi connectivity index (χ1v) is 9.58. The number of amides is 3. The van der Waals surface area contributed by atoms with Gasteiger partial charge in [0.2, 0.25) is 0 Å². The largest absolute Gasteiger partial charge is 0.494 e. The van der Waals surface area contributed by atoms with Crippen molar-refractivity contribution >= 4 is 11.9 Å². The van der Waals surface area contributed by atoms with Crippen molar-refractivity contribution in [2.24, 2.45) is 0 Å². The number of nitrogens with zero attached hydrogens (tertiary/aromatic N) is 2. The van der Waals surface area contributed by atoms with E-state index in [-0.39, 0.29) is 11.9 Å². The molecule has 1 N–H and O–H groups in total. The highest BCUT2D eigenvalue weighted by Crippen LogP contribution is 2.37. The Morgan fingerprint density at radius 1 is 1.28 bits per heavy atom. The average Bonchev–Trinajstić information content (AvgIpc) is 3.34. The maximum absolute atomic E-state index is 13.3. The highest BCUT2D eigenvalue weighted by molar-refractivity contribution is 6.01. The summed E-state index contributed by atoms with van der Waals surface area (Å²) in [5.74, 6) is 1.34. The minimum Gasteiger partial charge on any atom is -0.494 e. The molecular weight excluding hydrogens is 370 g/mol. The maximum atomic E-state index is 13.3. The van der Waals surface area contributed by atoms with Crippen LogP contribution in [0.1, 0.15) is 24.3 Å². The van der Waals surface area contributed by atoms with Crippen LogP contribution in [-0.4, -0.2) is 41.4 Å². The topological polar surface area (TPSA) is 75.0 Å². The van der Waals surface area contributed by atoms with Crippen molar-refractivity contribution in [3.05, 3.63) is 77.9 Å². The number of carbonyl (C=O) groups is 2. The predicted octanol–water partition coefficient (Wildman–Crippen LogP) is 3.23. The van der Waals surface area contributed by atoms with Crippen molar-refractivity contribution < 1.29 is 18.7 Å². The van der Waals surface area contributed by atoms with E-state index in [2.05, 4.69) is 11.9 Å². The van der Waals surface area contributed by atoms with Crippen LogP contribution in [-0.2, 0) is 11.3 Å². The van der Waals surface area contributed by atoms with Gasteiger partial charge in [0.15, 0.2) is 0 Å². The molecule has 7 nitrogen and oxygen atoms in total. The first kappa shape index (κ1) is 18.9. The van der Waals surface area contributed by atoms with Gasteiger partial charge in [-0.25, -0.2) is 4.79 Å². The molecule has 7 heteroatoms. The molecule has 29 heavy (non-hydrogen) atoms. The summed E-state index contributed by atoms with van der Waals surface area (Å²) in [6, 6.07) is 10.3. The molecule has 4 rings (SSSR count). The van der Waals surface area contributed by atoms with Crippen molar-refractivity contribution in [2.45, 2.75) is 19.5 Å². The van der Waals surface area contributed by atoms with Crippen LogP contribution in [0.3, 0.4) is 0 Å². The van der Waals surface area contributed by atoms with Gasteiger partial charge in [-0.05, 0) is 36.8 Å². The molecule has 3 heterocycles. The standard InChI is InChI=1S/C22H23N3O4/c1-3-11-25-18-14-24(13-17-6-5-12-29-17)21(26)19(18)20(23-22(25)27)15-7-9-16(10-8-15)28-4-2/h3,5-10,12,20H,1,4,11,13-14H2,2H3,(H,23,27).